The van der Waals surface area contributed by atoms with Crippen LogP contribution in [0.25, 0.3) is 0 Å². The first-order valence-electron chi connectivity index (χ1n) is 8.24. The molecular formula is C16H28N2O2. The molecule has 1 saturated carbocycles. The van der Waals surface area contributed by atoms with Crippen molar-refractivity contribution in [2.24, 2.45) is 0 Å². The highest BCUT2D eigenvalue weighted by atomic mass is 16.2. The number of rotatable bonds is 5. The largest absolute Gasteiger partial charge is 0.342 e. The van der Waals surface area contributed by atoms with Crippen molar-refractivity contribution >= 4 is 11.8 Å². The van der Waals surface area contributed by atoms with Crippen molar-refractivity contribution in [3.05, 3.63) is 0 Å². The Morgan fingerprint density at radius 3 is 2.30 bits per heavy atom. The molecule has 1 N–H and O–H groups in total. The number of hydrogen-bond acceptors (Lipinski definition) is 2. The first-order chi connectivity index (χ1) is 9.60. The summed E-state index contributed by atoms with van der Waals surface area (Å²) in [6.45, 7) is 6.29. The maximum Gasteiger partial charge on any atom is 0.246 e. The molecule has 1 atom stereocenters. The molecule has 1 unspecified atom stereocenters. The van der Waals surface area contributed by atoms with Crippen LogP contribution in [0.1, 0.15) is 72.1 Å². The summed E-state index contributed by atoms with van der Waals surface area (Å²) in [7, 11) is 0. The van der Waals surface area contributed by atoms with Gasteiger partial charge in [-0.2, -0.15) is 0 Å². The van der Waals surface area contributed by atoms with E-state index in [2.05, 4.69) is 26.1 Å². The second kappa shape index (κ2) is 6.15. The van der Waals surface area contributed by atoms with Gasteiger partial charge < -0.3 is 10.2 Å². The summed E-state index contributed by atoms with van der Waals surface area (Å²) in [5.74, 6) is 0.252. The van der Waals surface area contributed by atoms with E-state index in [1.807, 2.05) is 4.90 Å². The Kier molecular flexibility index (Phi) is 4.71. The molecule has 0 aromatic rings. The van der Waals surface area contributed by atoms with Gasteiger partial charge in [0.05, 0.1) is 0 Å². The molecule has 1 spiro atoms. The van der Waals surface area contributed by atoms with Crippen LogP contribution in [0.2, 0.25) is 0 Å². The van der Waals surface area contributed by atoms with Gasteiger partial charge in [0.15, 0.2) is 0 Å². The fourth-order valence-corrected chi connectivity index (χ4v) is 3.94. The molecule has 114 valence electrons. The van der Waals surface area contributed by atoms with Crippen molar-refractivity contribution < 1.29 is 9.59 Å². The molecule has 1 saturated heterocycles. The van der Waals surface area contributed by atoms with Gasteiger partial charge in [-0.15, -0.1) is 0 Å². The highest BCUT2D eigenvalue weighted by molar-refractivity contribution is 6.00. The molecule has 0 radical (unpaired) electrons. The molecule has 0 aromatic carbocycles. The fraction of sp³-hybridized carbons (Fsp3) is 0.875. The van der Waals surface area contributed by atoms with Crippen molar-refractivity contribution in [2.75, 3.05) is 0 Å². The summed E-state index contributed by atoms with van der Waals surface area (Å²) >= 11 is 0. The monoisotopic (exact) mass is 280 g/mol. The van der Waals surface area contributed by atoms with E-state index in [4.69, 9.17) is 0 Å². The Bertz CT molecular complexity index is 371. The molecule has 2 aliphatic rings. The van der Waals surface area contributed by atoms with E-state index in [0.717, 1.165) is 51.4 Å². The van der Waals surface area contributed by atoms with Crippen LogP contribution in [0.4, 0.5) is 0 Å². The molecule has 4 heteroatoms. The van der Waals surface area contributed by atoms with Crippen molar-refractivity contribution in [3.63, 3.8) is 0 Å². The molecule has 1 aliphatic carbocycles. The van der Waals surface area contributed by atoms with Crippen molar-refractivity contribution in [1.29, 1.82) is 0 Å². The van der Waals surface area contributed by atoms with Gasteiger partial charge in [0.1, 0.15) is 11.6 Å². The highest BCUT2D eigenvalue weighted by Crippen LogP contribution is 2.40. The highest BCUT2D eigenvalue weighted by Gasteiger charge is 2.54. The number of amides is 2. The van der Waals surface area contributed by atoms with Crippen molar-refractivity contribution in [3.8, 4) is 0 Å². The van der Waals surface area contributed by atoms with Crippen LogP contribution in [-0.4, -0.2) is 34.3 Å². The van der Waals surface area contributed by atoms with Gasteiger partial charge >= 0.3 is 0 Å². The van der Waals surface area contributed by atoms with E-state index < -0.39 is 5.54 Å². The zero-order chi connectivity index (χ0) is 14.8. The smallest absolute Gasteiger partial charge is 0.246 e. The summed E-state index contributed by atoms with van der Waals surface area (Å²) in [6.07, 6.45) is 7.29. The standard InChI is InChI=1S/C16H28N2O2/c1-4-9-13-14(19)18(12(5-2)6-3)16(15(20)17-13)10-7-8-11-16/h12-13H,4-11H2,1-3H3,(H,17,20). The lowest BCUT2D eigenvalue weighted by atomic mass is 9.86. The van der Waals surface area contributed by atoms with Gasteiger partial charge in [-0.25, -0.2) is 0 Å². The SMILES string of the molecule is CCCC1NC(=O)C2(CCCC2)N(C(CC)CC)C1=O. The summed E-state index contributed by atoms with van der Waals surface area (Å²) in [5, 5.41) is 3.00. The lowest BCUT2D eigenvalue weighted by Gasteiger charge is -2.50. The summed E-state index contributed by atoms with van der Waals surface area (Å²) < 4.78 is 0. The van der Waals surface area contributed by atoms with E-state index in [-0.39, 0.29) is 23.9 Å². The Balaban J connectivity index is 2.35. The van der Waals surface area contributed by atoms with Crippen LogP contribution in [0.15, 0.2) is 0 Å². The van der Waals surface area contributed by atoms with E-state index in [1.54, 1.807) is 0 Å². The van der Waals surface area contributed by atoms with Crippen LogP contribution >= 0.6 is 0 Å². The minimum Gasteiger partial charge on any atom is -0.342 e. The molecule has 2 rings (SSSR count). The molecule has 1 heterocycles. The lowest BCUT2D eigenvalue weighted by Crippen LogP contribution is -2.71. The van der Waals surface area contributed by atoms with Crippen molar-refractivity contribution in [2.45, 2.75) is 89.8 Å². The first-order valence-corrected chi connectivity index (χ1v) is 8.24. The van der Waals surface area contributed by atoms with Crippen LogP contribution in [0.3, 0.4) is 0 Å². The number of piperazine rings is 1. The predicted molar refractivity (Wildman–Crippen MR) is 79.3 cm³/mol. The number of carbonyl (C=O) groups is 2. The summed E-state index contributed by atoms with van der Waals surface area (Å²) in [6, 6.07) is -0.106. The minimum absolute atomic E-state index is 0.0972. The van der Waals surface area contributed by atoms with Gasteiger partial charge in [-0.1, -0.05) is 40.0 Å². The number of hydrogen-bond donors (Lipinski definition) is 1. The molecule has 20 heavy (non-hydrogen) atoms. The quantitative estimate of drug-likeness (QED) is 0.841. The van der Waals surface area contributed by atoms with Gasteiger partial charge in [0, 0.05) is 6.04 Å². The van der Waals surface area contributed by atoms with Gasteiger partial charge in [0.25, 0.3) is 0 Å². The fourth-order valence-electron chi connectivity index (χ4n) is 3.94. The van der Waals surface area contributed by atoms with E-state index >= 15 is 0 Å². The Hall–Kier alpha value is -1.06. The number of nitrogens with zero attached hydrogens (tertiary/aromatic N) is 1. The zero-order valence-electron chi connectivity index (χ0n) is 13.1. The van der Waals surface area contributed by atoms with Crippen LogP contribution < -0.4 is 5.32 Å². The summed E-state index contributed by atoms with van der Waals surface area (Å²) in [5.41, 5.74) is -0.544. The molecule has 4 nitrogen and oxygen atoms in total. The number of nitrogens with one attached hydrogen (secondary N) is 1. The average molecular weight is 280 g/mol. The third-order valence-electron chi connectivity index (χ3n) is 5.04. The Morgan fingerprint density at radius 2 is 1.80 bits per heavy atom. The second-order valence-corrected chi connectivity index (χ2v) is 6.23. The van der Waals surface area contributed by atoms with Gasteiger partial charge in [-0.05, 0) is 32.1 Å². The number of carbonyl (C=O) groups excluding carboxylic acids is 2. The molecule has 2 fully saturated rings. The normalized spacial score (nSPS) is 25.6. The van der Waals surface area contributed by atoms with Crippen molar-refractivity contribution in [1.82, 2.24) is 10.2 Å². The molecular weight excluding hydrogens is 252 g/mol. The maximum absolute atomic E-state index is 12.9. The molecule has 1 aliphatic heterocycles. The Morgan fingerprint density at radius 1 is 1.20 bits per heavy atom. The van der Waals surface area contributed by atoms with Crippen LogP contribution in [0.5, 0.6) is 0 Å². The average Bonchev–Trinajstić information content (AvgIpc) is 2.92. The van der Waals surface area contributed by atoms with Gasteiger partial charge in [-0.3, -0.25) is 9.59 Å². The van der Waals surface area contributed by atoms with E-state index in [0.29, 0.717) is 0 Å². The van der Waals surface area contributed by atoms with E-state index in [9.17, 15) is 9.59 Å². The van der Waals surface area contributed by atoms with Gasteiger partial charge in [0.2, 0.25) is 11.8 Å². The van der Waals surface area contributed by atoms with Crippen LogP contribution in [-0.2, 0) is 9.59 Å². The lowest BCUT2D eigenvalue weighted by molar-refractivity contribution is -0.161. The molecule has 0 bridgehead atoms. The second-order valence-electron chi connectivity index (χ2n) is 6.23. The summed E-state index contributed by atoms with van der Waals surface area (Å²) in [4.78, 5) is 27.6. The topological polar surface area (TPSA) is 49.4 Å². The Labute approximate surface area is 122 Å². The predicted octanol–water partition coefficient (Wildman–Crippen LogP) is 2.61. The zero-order valence-corrected chi connectivity index (χ0v) is 13.1. The third kappa shape index (κ3) is 2.33. The minimum atomic E-state index is -0.544. The third-order valence-corrected chi connectivity index (χ3v) is 5.04. The van der Waals surface area contributed by atoms with E-state index in [1.165, 1.54) is 0 Å². The molecule has 0 aromatic heterocycles. The molecule has 2 amide bonds. The van der Waals surface area contributed by atoms with Crippen LogP contribution in [0, 0.1) is 0 Å². The first kappa shape index (κ1) is 15.3. The maximum atomic E-state index is 12.9.